The second kappa shape index (κ2) is 11.0. The molecule has 0 aliphatic carbocycles. The van der Waals surface area contributed by atoms with Crippen molar-refractivity contribution in [3.05, 3.63) is 36.8 Å². The Morgan fingerprint density at radius 3 is 2.96 bits per heavy atom. The van der Waals surface area contributed by atoms with Crippen LogP contribution >= 0.6 is 0 Å². The molecule has 1 fully saturated rings. The van der Waals surface area contributed by atoms with E-state index in [2.05, 4.69) is 36.1 Å². The highest BCUT2D eigenvalue weighted by molar-refractivity contribution is 5.80. The zero-order valence-corrected chi connectivity index (χ0v) is 15.7. The van der Waals surface area contributed by atoms with Gasteiger partial charge in [-0.15, -0.1) is 6.58 Å². The molecule has 5 heteroatoms. The maximum Gasteiger partial charge on any atom is 0.191 e. The monoisotopic (exact) mass is 347 g/mol. The Balaban J connectivity index is 1.89. The van der Waals surface area contributed by atoms with E-state index in [1.165, 1.54) is 12.8 Å². The van der Waals surface area contributed by atoms with Gasteiger partial charge in [-0.2, -0.15) is 0 Å². The van der Waals surface area contributed by atoms with Crippen LogP contribution in [0.5, 0.6) is 0 Å². The summed E-state index contributed by atoms with van der Waals surface area (Å²) in [6, 6.07) is 4.30. The summed E-state index contributed by atoms with van der Waals surface area (Å²) in [4.78, 5) is 4.69. The molecule has 1 aliphatic heterocycles. The third-order valence-electron chi connectivity index (χ3n) is 4.85. The molecule has 2 N–H and O–H groups in total. The molecule has 0 radical (unpaired) electrons. The van der Waals surface area contributed by atoms with Crippen LogP contribution in [0, 0.1) is 5.92 Å². The van der Waals surface area contributed by atoms with Gasteiger partial charge in [-0.3, -0.25) is 4.99 Å². The summed E-state index contributed by atoms with van der Waals surface area (Å²) in [6.45, 7) is 10.5. The molecule has 25 heavy (non-hydrogen) atoms. The molecule has 0 amide bonds. The lowest BCUT2D eigenvalue weighted by molar-refractivity contribution is -0.0324. The van der Waals surface area contributed by atoms with Crippen LogP contribution in [-0.4, -0.2) is 37.8 Å². The van der Waals surface area contributed by atoms with E-state index < -0.39 is 0 Å². The third kappa shape index (κ3) is 6.58. The number of ether oxygens (including phenoxy) is 1. The molecule has 2 atom stereocenters. The molecule has 0 aromatic carbocycles. The van der Waals surface area contributed by atoms with Gasteiger partial charge in [-0.25, -0.2) is 0 Å². The van der Waals surface area contributed by atoms with Crippen molar-refractivity contribution >= 4 is 5.96 Å². The predicted octanol–water partition coefficient (Wildman–Crippen LogP) is 3.53. The fraction of sp³-hybridized carbons (Fsp3) is 0.650. The summed E-state index contributed by atoms with van der Waals surface area (Å²) in [5, 5.41) is 6.90. The normalized spacial score (nSPS) is 21.3. The van der Waals surface area contributed by atoms with E-state index in [0.717, 1.165) is 37.6 Å². The summed E-state index contributed by atoms with van der Waals surface area (Å²) in [6.07, 6.45) is 9.11. The minimum Gasteiger partial charge on any atom is -0.469 e. The first-order valence-electron chi connectivity index (χ1n) is 9.56. The van der Waals surface area contributed by atoms with E-state index in [1.54, 1.807) is 6.26 Å². The van der Waals surface area contributed by atoms with Crippen molar-refractivity contribution in [3.8, 4) is 0 Å². The van der Waals surface area contributed by atoms with Crippen molar-refractivity contribution < 1.29 is 9.15 Å². The van der Waals surface area contributed by atoms with Gasteiger partial charge in [0.2, 0.25) is 0 Å². The van der Waals surface area contributed by atoms with Crippen LogP contribution in [0.25, 0.3) is 0 Å². The number of nitrogens with one attached hydrogen (secondary N) is 2. The average molecular weight is 348 g/mol. The summed E-state index contributed by atoms with van der Waals surface area (Å²) < 4.78 is 11.4. The highest BCUT2D eigenvalue weighted by Gasteiger charge is 2.27. The van der Waals surface area contributed by atoms with Crippen molar-refractivity contribution in [2.75, 3.05) is 19.7 Å². The second-order valence-electron chi connectivity index (χ2n) is 6.58. The first-order valence-corrected chi connectivity index (χ1v) is 9.56. The molecular weight excluding hydrogens is 314 g/mol. The van der Waals surface area contributed by atoms with Crippen molar-refractivity contribution in [1.29, 1.82) is 0 Å². The first-order chi connectivity index (χ1) is 12.3. The highest BCUT2D eigenvalue weighted by Crippen LogP contribution is 2.25. The average Bonchev–Trinajstić information content (AvgIpc) is 3.14. The molecule has 0 saturated carbocycles. The second-order valence-corrected chi connectivity index (χ2v) is 6.58. The number of nitrogens with zero attached hydrogens (tertiary/aromatic N) is 1. The summed E-state index contributed by atoms with van der Waals surface area (Å²) in [7, 11) is 0. The van der Waals surface area contributed by atoms with Crippen LogP contribution in [0.1, 0.15) is 45.3 Å². The van der Waals surface area contributed by atoms with E-state index in [4.69, 9.17) is 9.15 Å². The Morgan fingerprint density at radius 2 is 2.28 bits per heavy atom. The SMILES string of the molecule is C=CCNC(=NCCc1ccco1)NC1CCOC(C(CC)CC)C1. The van der Waals surface area contributed by atoms with E-state index in [1.807, 2.05) is 18.2 Å². The standard InChI is InChI=1S/C20H33N3O2/c1-4-11-21-20(22-12-9-18-8-7-13-24-18)23-17-10-14-25-19(15-17)16(5-2)6-3/h4,7-8,13,16-17,19H,1,5-6,9-12,14-15H2,2-3H3,(H2,21,22,23). The quantitative estimate of drug-likeness (QED) is 0.408. The molecule has 140 valence electrons. The molecule has 2 unspecified atom stereocenters. The first kappa shape index (κ1) is 19.6. The Morgan fingerprint density at radius 1 is 1.44 bits per heavy atom. The molecule has 1 aromatic heterocycles. The number of guanidine groups is 1. The Kier molecular flexibility index (Phi) is 8.60. The topological polar surface area (TPSA) is 58.8 Å². The highest BCUT2D eigenvalue weighted by atomic mass is 16.5. The summed E-state index contributed by atoms with van der Waals surface area (Å²) in [5.74, 6) is 2.46. The smallest absolute Gasteiger partial charge is 0.191 e. The van der Waals surface area contributed by atoms with Crippen LogP contribution in [0.2, 0.25) is 0 Å². The van der Waals surface area contributed by atoms with Crippen LogP contribution in [0.15, 0.2) is 40.5 Å². The van der Waals surface area contributed by atoms with Gasteiger partial charge in [0.05, 0.1) is 12.4 Å². The molecule has 2 rings (SSSR count). The van der Waals surface area contributed by atoms with E-state index in [9.17, 15) is 0 Å². The molecule has 2 heterocycles. The summed E-state index contributed by atoms with van der Waals surface area (Å²) >= 11 is 0. The van der Waals surface area contributed by atoms with Crippen LogP contribution < -0.4 is 10.6 Å². The van der Waals surface area contributed by atoms with Gasteiger partial charge in [-0.05, 0) is 30.9 Å². The largest absolute Gasteiger partial charge is 0.469 e. The van der Waals surface area contributed by atoms with E-state index in [-0.39, 0.29) is 0 Å². The zero-order chi connectivity index (χ0) is 17.9. The minimum absolute atomic E-state index is 0.352. The number of hydrogen-bond acceptors (Lipinski definition) is 3. The number of rotatable bonds is 9. The van der Waals surface area contributed by atoms with Crippen molar-refractivity contribution in [2.24, 2.45) is 10.9 Å². The number of aliphatic imine (C=N–C) groups is 1. The molecular formula is C20H33N3O2. The van der Waals surface area contributed by atoms with Crippen LogP contribution in [-0.2, 0) is 11.2 Å². The lowest BCUT2D eigenvalue weighted by Crippen LogP contribution is -2.48. The third-order valence-corrected chi connectivity index (χ3v) is 4.85. The lowest BCUT2D eigenvalue weighted by Gasteiger charge is -2.35. The zero-order valence-electron chi connectivity index (χ0n) is 15.7. The van der Waals surface area contributed by atoms with Crippen molar-refractivity contribution in [2.45, 2.75) is 58.1 Å². The molecule has 1 aliphatic rings. The van der Waals surface area contributed by atoms with Gasteiger partial charge in [0.25, 0.3) is 0 Å². The minimum atomic E-state index is 0.352. The maximum absolute atomic E-state index is 6.02. The van der Waals surface area contributed by atoms with E-state index in [0.29, 0.717) is 31.2 Å². The van der Waals surface area contributed by atoms with Gasteiger partial charge >= 0.3 is 0 Å². The maximum atomic E-state index is 6.02. The fourth-order valence-electron chi connectivity index (χ4n) is 3.35. The van der Waals surface area contributed by atoms with Gasteiger partial charge in [0.15, 0.2) is 5.96 Å². The van der Waals surface area contributed by atoms with Gasteiger partial charge < -0.3 is 19.8 Å². The lowest BCUT2D eigenvalue weighted by atomic mass is 9.89. The Hall–Kier alpha value is -1.75. The van der Waals surface area contributed by atoms with Crippen LogP contribution in [0.3, 0.4) is 0 Å². The van der Waals surface area contributed by atoms with Crippen LogP contribution in [0.4, 0.5) is 0 Å². The fourth-order valence-corrected chi connectivity index (χ4v) is 3.35. The molecule has 0 bridgehead atoms. The number of hydrogen-bond donors (Lipinski definition) is 2. The van der Waals surface area contributed by atoms with Crippen molar-refractivity contribution in [1.82, 2.24) is 10.6 Å². The number of furan rings is 1. The summed E-state index contributed by atoms with van der Waals surface area (Å²) in [5.41, 5.74) is 0. The predicted molar refractivity (Wildman–Crippen MR) is 103 cm³/mol. The molecule has 0 spiro atoms. The van der Waals surface area contributed by atoms with E-state index >= 15 is 0 Å². The Bertz CT molecular complexity index is 509. The van der Waals surface area contributed by atoms with Gasteiger partial charge in [0.1, 0.15) is 5.76 Å². The molecule has 5 nitrogen and oxygen atoms in total. The molecule has 1 saturated heterocycles. The Labute approximate surface area is 151 Å². The van der Waals surface area contributed by atoms with Gasteiger partial charge in [-0.1, -0.05) is 32.8 Å². The van der Waals surface area contributed by atoms with Gasteiger partial charge in [0, 0.05) is 32.2 Å². The molecule has 1 aromatic rings. The van der Waals surface area contributed by atoms with Crippen molar-refractivity contribution in [3.63, 3.8) is 0 Å².